The summed E-state index contributed by atoms with van der Waals surface area (Å²) in [5, 5.41) is 0. The van der Waals surface area contributed by atoms with Crippen LogP contribution >= 0.6 is 0 Å². The number of allylic oxidation sites excluding steroid dienone is 2. The van der Waals surface area contributed by atoms with Crippen LogP contribution in [-0.4, -0.2) is 33.9 Å². The quantitative estimate of drug-likeness (QED) is 0.690. The number of Topliss-reactive ketones (excluding diaryl/α,β-unsaturated/α-hetero) is 1. The zero-order valence-corrected chi connectivity index (χ0v) is 18.9. The maximum Gasteiger partial charge on any atom is 0.231 e. The van der Waals surface area contributed by atoms with Gasteiger partial charge in [-0.3, -0.25) is 4.79 Å². The van der Waals surface area contributed by atoms with E-state index in [1.54, 1.807) is 21.3 Å². The van der Waals surface area contributed by atoms with E-state index in [9.17, 15) is 4.79 Å². The highest BCUT2D eigenvalue weighted by Crippen LogP contribution is 2.54. The maximum absolute atomic E-state index is 13.4. The van der Waals surface area contributed by atoms with Gasteiger partial charge in [-0.15, -0.1) is 0 Å². The summed E-state index contributed by atoms with van der Waals surface area (Å²) in [6, 6.07) is 7.54. The number of methoxy groups -OCH3 is 3. The van der Waals surface area contributed by atoms with Crippen molar-refractivity contribution in [2.24, 2.45) is 5.41 Å². The average Bonchev–Trinajstić information content (AvgIpc) is 3.21. The highest BCUT2D eigenvalue weighted by molar-refractivity contribution is 6.00. The number of carbonyl (C=O) groups excluding carboxylic acids is 1. The number of hydrogen-bond donors (Lipinski definition) is 0. The van der Waals surface area contributed by atoms with Crippen LogP contribution in [0.25, 0.3) is 0 Å². The van der Waals surface area contributed by atoms with Crippen molar-refractivity contribution in [1.29, 1.82) is 0 Å². The van der Waals surface area contributed by atoms with Gasteiger partial charge in [-0.1, -0.05) is 13.8 Å². The van der Waals surface area contributed by atoms with Crippen LogP contribution in [0.1, 0.15) is 43.7 Å². The second-order valence-electron chi connectivity index (χ2n) is 9.01. The van der Waals surface area contributed by atoms with Gasteiger partial charge in [0.1, 0.15) is 11.5 Å². The van der Waals surface area contributed by atoms with E-state index in [-0.39, 0.29) is 23.9 Å². The predicted molar refractivity (Wildman–Crippen MR) is 116 cm³/mol. The molecule has 1 atom stereocenters. The lowest BCUT2D eigenvalue weighted by molar-refractivity contribution is -0.118. The zero-order chi connectivity index (χ0) is 22.6. The summed E-state index contributed by atoms with van der Waals surface area (Å²) in [5.41, 5.74) is 2.19. The highest BCUT2D eigenvalue weighted by atomic mass is 16.7. The molecule has 1 unspecified atom stereocenters. The molecule has 0 saturated carbocycles. The molecule has 168 valence electrons. The minimum absolute atomic E-state index is 0.0818. The fraction of sp³-hybridized carbons (Fsp3) is 0.400. The second-order valence-corrected chi connectivity index (χ2v) is 9.01. The van der Waals surface area contributed by atoms with E-state index < -0.39 is 0 Å². The number of carbonyl (C=O) groups is 1. The molecule has 5 rings (SSSR count). The monoisotopic (exact) mass is 438 g/mol. The molecule has 7 nitrogen and oxygen atoms in total. The van der Waals surface area contributed by atoms with Crippen LogP contribution in [0.15, 0.2) is 35.6 Å². The number of benzene rings is 2. The minimum atomic E-state index is -0.361. The van der Waals surface area contributed by atoms with Crippen molar-refractivity contribution in [3.8, 4) is 34.5 Å². The van der Waals surface area contributed by atoms with Crippen LogP contribution in [0.3, 0.4) is 0 Å². The molecule has 0 spiro atoms. The van der Waals surface area contributed by atoms with Crippen LogP contribution < -0.4 is 28.4 Å². The van der Waals surface area contributed by atoms with Gasteiger partial charge in [-0.05, 0) is 29.2 Å². The molecule has 0 radical (unpaired) electrons. The lowest BCUT2D eigenvalue weighted by Gasteiger charge is -2.38. The van der Waals surface area contributed by atoms with E-state index in [4.69, 9.17) is 28.4 Å². The summed E-state index contributed by atoms with van der Waals surface area (Å²) in [4.78, 5) is 13.4. The molecule has 1 aliphatic carbocycles. The van der Waals surface area contributed by atoms with Crippen molar-refractivity contribution in [3.05, 3.63) is 46.7 Å². The van der Waals surface area contributed by atoms with Crippen molar-refractivity contribution in [1.82, 2.24) is 0 Å². The zero-order valence-electron chi connectivity index (χ0n) is 18.9. The molecule has 2 aliphatic heterocycles. The Hall–Kier alpha value is -3.35. The van der Waals surface area contributed by atoms with Crippen molar-refractivity contribution in [3.63, 3.8) is 0 Å². The SMILES string of the molecule is COc1cc(C2C3=C(CC(C)(C)CC3=O)Oc3cc4c(cc32)OCO4)cc(OC)c1OC. The van der Waals surface area contributed by atoms with Gasteiger partial charge in [0.25, 0.3) is 0 Å². The maximum atomic E-state index is 13.4. The minimum Gasteiger partial charge on any atom is -0.493 e. The molecule has 2 aromatic carbocycles. The van der Waals surface area contributed by atoms with Crippen molar-refractivity contribution in [2.45, 2.75) is 32.6 Å². The molecular weight excluding hydrogens is 412 g/mol. The van der Waals surface area contributed by atoms with Crippen LogP contribution in [0.2, 0.25) is 0 Å². The lowest BCUT2D eigenvalue weighted by Crippen LogP contribution is -2.32. The Kier molecular flexibility index (Phi) is 4.73. The summed E-state index contributed by atoms with van der Waals surface area (Å²) in [6.45, 7) is 4.33. The summed E-state index contributed by atoms with van der Waals surface area (Å²) in [7, 11) is 4.73. The summed E-state index contributed by atoms with van der Waals surface area (Å²) in [6.07, 6.45) is 1.12. The second kappa shape index (κ2) is 7.36. The van der Waals surface area contributed by atoms with Gasteiger partial charge in [0.15, 0.2) is 28.8 Å². The van der Waals surface area contributed by atoms with Gasteiger partial charge in [0.2, 0.25) is 12.5 Å². The third-order valence-corrected chi connectivity index (χ3v) is 6.24. The molecular formula is C25H26O7. The molecule has 7 heteroatoms. The first kappa shape index (κ1) is 20.5. The fourth-order valence-electron chi connectivity index (χ4n) is 4.85. The Bertz CT molecular complexity index is 1120. The Morgan fingerprint density at radius 3 is 2.16 bits per heavy atom. The Labute approximate surface area is 186 Å². The third kappa shape index (κ3) is 3.15. The van der Waals surface area contributed by atoms with E-state index in [0.717, 1.165) is 11.1 Å². The molecule has 0 amide bonds. The molecule has 2 aromatic rings. The highest BCUT2D eigenvalue weighted by Gasteiger charge is 2.43. The number of ketones is 1. The first-order chi connectivity index (χ1) is 15.3. The smallest absolute Gasteiger partial charge is 0.231 e. The summed E-state index contributed by atoms with van der Waals surface area (Å²) in [5.74, 6) is 3.92. The topological polar surface area (TPSA) is 72.5 Å². The van der Waals surface area contributed by atoms with E-state index >= 15 is 0 Å². The van der Waals surface area contributed by atoms with Crippen molar-refractivity contribution >= 4 is 5.78 Å². The van der Waals surface area contributed by atoms with Crippen LogP contribution in [-0.2, 0) is 4.79 Å². The molecule has 0 aromatic heterocycles. The summed E-state index contributed by atoms with van der Waals surface area (Å²) >= 11 is 0. The largest absolute Gasteiger partial charge is 0.493 e. The predicted octanol–water partition coefficient (Wildman–Crippen LogP) is 4.61. The van der Waals surface area contributed by atoms with Gasteiger partial charge in [0, 0.05) is 36.0 Å². The lowest BCUT2D eigenvalue weighted by atomic mass is 9.70. The van der Waals surface area contributed by atoms with Gasteiger partial charge in [-0.25, -0.2) is 0 Å². The number of fused-ring (bicyclic) bond motifs is 2. The molecule has 32 heavy (non-hydrogen) atoms. The fourth-order valence-corrected chi connectivity index (χ4v) is 4.85. The number of ether oxygens (including phenoxy) is 6. The van der Waals surface area contributed by atoms with E-state index in [2.05, 4.69) is 13.8 Å². The molecule has 3 aliphatic rings. The average molecular weight is 438 g/mol. The van der Waals surface area contributed by atoms with Crippen molar-refractivity contribution < 1.29 is 33.2 Å². The molecule has 0 saturated heterocycles. The first-order valence-corrected chi connectivity index (χ1v) is 10.5. The van der Waals surface area contributed by atoms with E-state index in [0.29, 0.717) is 58.7 Å². The molecule has 0 N–H and O–H groups in total. The number of hydrogen-bond acceptors (Lipinski definition) is 7. The van der Waals surface area contributed by atoms with Gasteiger partial charge >= 0.3 is 0 Å². The first-order valence-electron chi connectivity index (χ1n) is 10.5. The normalized spacial score (nSPS) is 20.3. The van der Waals surface area contributed by atoms with Gasteiger partial charge < -0.3 is 28.4 Å². The Balaban J connectivity index is 1.76. The van der Waals surface area contributed by atoms with Crippen LogP contribution in [0.4, 0.5) is 0 Å². The Morgan fingerprint density at radius 2 is 1.53 bits per heavy atom. The van der Waals surface area contributed by atoms with Crippen molar-refractivity contribution in [2.75, 3.05) is 28.1 Å². The number of rotatable bonds is 4. The summed E-state index contributed by atoms with van der Waals surface area (Å²) < 4.78 is 34.2. The Morgan fingerprint density at radius 1 is 0.875 bits per heavy atom. The third-order valence-electron chi connectivity index (χ3n) is 6.24. The molecule has 0 fully saturated rings. The van der Waals surface area contributed by atoms with Gasteiger partial charge in [-0.2, -0.15) is 0 Å². The van der Waals surface area contributed by atoms with E-state index in [1.807, 2.05) is 24.3 Å². The van der Waals surface area contributed by atoms with Crippen LogP contribution in [0, 0.1) is 5.41 Å². The molecule has 0 bridgehead atoms. The van der Waals surface area contributed by atoms with Gasteiger partial charge in [0.05, 0.1) is 21.3 Å². The molecule has 2 heterocycles. The standard InChI is InChI=1S/C25H26O7/c1-25(2)10-15(26)23-21(11-25)32-16-9-18-17(30-12-31-18)8-14(16)22(23)13-6-19(27-3)24(29-5)20(7-13)28-4/h6-9,22H,10-12H2,1-5H3. The van der Waals surface area contributed by atoms with Crippen LogP contribution in [0.5, 0.6) is 34.5 Å². The van der Waals surface area contributed by atoms with E-state index in [1.165, 1.54) is 0 Å².